The van der Waals surface area contributed by atoms with E-state index in [2.05, 4.69) is 5.32 Å². The third kappa shape index (κ3) is 4.59. The molecular formula is C19H22N2O3. The Labute approximate surface area is 142 Å². The number of anilines is 1. The second kappa shape index (κ2) is 8.15. The summed E-state index contributed by atoms with van der Waals surface area (Å²) in [7, 11) is 0. The zero-order chi connectivity index (χ0) is 17.5. The molecule has 2 amide bonds. The van der Waals surface area contributed by atoms with Gasteiger partial charge in [-0.05, 0) is 57.2 Å². The maximum atomic E-state index is 12.3. The van der Waals surface area contributed by atoms with Crippen LogP contribution >= 0.6 is 0 Å². The number of nitrogens with one attached hydrogen (secondary N) is 1. The van der Waals surface area contributed by atoms with E-state index in [9.17, 15) is 9.59 Å². The molecule has 0 bridgehead atoms. The molecule has 1 N–H and O–H groups in total. The Morgan fingerprint density at radius 3 is 2.54 bits per heavy atom. The third-order valence-corrected chi connectivity index (χ3v) is 3.59. The van der Waals surface area contributed by atoms with Gasteiger partial charge in [-0.1, -0.05) is 6.07 Å². The van der Waals surface area contributed by atoms with Crippen LogP contribution in [-0.2, 0) is 4.79 Å². The second-order valence-corrected chi connectivity index (χ2v) is 5.33. The molecule has 0 saturated heterocycles. The van der Waals surface area contributed by atoms with Crippen LogP contribution in [0.2, 0.25) is 0 Å². The molecule has 0 atom stereocenters. The van der Waals surface area contributed by atoms with Crippen LogP contribution in [0, 0.1) is 6.92 Å². The lowest BCUT2D eigenvalue weighted by molar-refractivity contribution is -0.111. The number of hydrogen-bond acceptors (Lipinski definition) is 3. The molecular weight excluding hydrogens is 304 g/mol. The highest BCUT2D eigenvalue weighted by Crippen LogP contribution is 2.13. The number of benzene rings is 1. The largest absolute Gasteiger partial charge is 0.462 e. The van der Waals surface area contributed by atoms with E-state index in [4.69, 9.17) is 4.42 Å². The van der Waals surface area contributed by atoms with Crippen LogP contribution in [0.1, 0.15) is 35.7 Å². The van der Waals surface area contributed by atoms with E-state index in [0.717, 1.165) is 5.76 Å². The van der Waals surface area contributed by atoms with Gasteiger partial charge in [0.05, 0.1) is 0 Å². The van der Waals surface area contributed by atoms with Gasteiger partial charge in [0.15, 0.2) is 0 Å². The van der Waals surface area contributed by atoms with Crippen molar-refractivity contribution >= 4 is 23.6 Å². The fourth-order valence-electron chi connectivity index (χ4n) is 2.31. The molecule has 5 heteroatoms. The minimum atomic E-state index is -0.281. The first-order chi connectivity index (χ1) is 11.5. The number of nitrogens with zero attached hydrogens (tertiary/aromatic N) is 1. The molecule has 2 rings (SSSR count). The first kappa shape index (κ1) is 17.5. The molecule has 0 unspecified atom stereocenters. The average Bonchev–Trinajstić information content (AvgIpc) is 3.00. The van der Waals surface area contributed by atoms with Crippen molar-refractivity contribution in [1.29, 1.82) is 0 Å². The number of carbonyl (C=O) groups is 2. The molecule has 0 spiro atoms. The van der Waals surface area contributed by atoms with Gasteiger partial charge in [0.25, 0.3) is 5.91 Å². The van der Waals surface area contributed by atoms with Crippen molar-refractivity contribution in [1.82, 2.24) is 4.90 Å². The second-order valence-electron chi connectivity index (χ2n) is 5.33. The number of rotatable bonds is 6. The van der Waals surface area contributed by atoms with E-state index in [-0.39, 0.29) is 11.8 Å². The predicted octanol–water partition coefficient (Wildman–Crippen LogP) is 3.72. The minimum absolute atomic E-state index is 0.0438. The Kier molecular flexibility index (Phi) is 5.95. The molecule has 1 aromatic heterocycles. The van der Waals surface area contributed by atoms with Gasteiger partial charge in [-0.25, -0.2) is 0 Å². The first-order valence-electron chi connectivity index (χ1n) is 7.98. The summed E-state index contributed by atoms with van der Waals surface area (Å²) in [4.78, 5) is 26.1. The van der Waals surface area contributed by atoms with Gasteiger partial charge in [-0.15, -0.1) is 0 Å². The molecule has 0 aliphatic heterocycles. The minimum Gasteiger partial charge on any atom is -0.462 e. The van der Waals surface area contributed by atoms with Gasteiger partial charge in [0.1, 0.15) is 11.5 Å². The summed E-state index contributed by atoms with van der Waals surface area (Å²) in [6, 6.07) is 10.6. The lowest BCUT2D eigenvalue weighted by Crippen LogP contribution is -2.30. The van der Waals surface area contributed by atoms with Crippen LogP contribution in [0.4, 0.5) is 5.69 Å². The van der Waals surface area contributed by atoms with Crippen molar-refractivity contribution in [2.45, 2.75) is 20.8 Å². The highest BCUT2D eigenvalue weighted by Gasteiger charge is 2.12. The number of amides is 2. The Hall–Kier alpha value is -2.82. The van der Waals surface area contributed by atoms with E-state index in [0.29, 0.717) is 30.1 Å². The fourth-order valence-corrected chi connectivity index (χ4v) is 2.31. The number of furan rings is 1. The molecule has 5 nitrogen and oxygen atoms in total. The SMILES string of the molecule is CCN(CC)C(=O)c1cccc(NC(=O)/C=C/c2ccc(C)o2)c1. The van der Waals surface area contributed by atoms with Gasteiger partial charge in [0.2, 0.25) is 5.91 Å². The lowest BCUT2D eigenvalue weighted by Gasteiger charge is -2.18. The van der Waals surface area contributed by atoms with Gasteiger partial charge in [0, 0.05) is 30.4 Å². The van der Waals surface area contributed by atoms with Gasteiger partial charge in [-0.3, -0.25) is 9.59 Å². The van der Waals surface area contributed by atoms with Crippen molar-refractivity contribution in [3.63, 3.8) is 0 Å². The summed E-state index contributed by atoms with van der Waals surface area (Å²) in [5.41, 5.74) is 1.14. The normalized spacial score (nSPS) is 10.8. The van der Waals surface area contributed by atoms with Crippen LogP contribution in [0.25, 0.3) is 6.08 Å². The van der Waals surface area contributed by atoms with Crippen LogP contribution in [0.5, 0.6) is 0 Å². The monoisotopic (exact) mass is 326 g/mol. The summed E-state index contributed by atoms with van der Waals surface area (Å²) in [6.45, 7) is 7.02. The summed E-state index contributed by atoms with van der Waals surface area (Å²) in [5.74, 6) is 1.08. The van der Waals surface area contributed by atoms with E-state index in [1.165, 1.54) is 6.08 Å². The number of aryl methyl sites for hydroxylation is 1. The highest BCUT2D eigenvalue weighted by atomic mass is 16.3. The van der Waals surface area contributed by atoms with E-state index >= 15 is 0 Å². The zero-order valence-electron chi connectivity index (χ0n) is 14.2. The predicted molar refractivity (Wildman–Crippen MR) is 94.8 cm³/mol. The smallest absolute Gasteiger partial charge is 0.253 e. The maximum Gasteiger partial charge on any atom is 0.253 e. The molecule has 0 saturated carbocycles. The average molecular weight is 326 g/mol. The van der Waals surface area contributed by atoms with Crippen LogP contribution in [0.15, 0.2) is 46.9 Å². The van der Waals surface area contributed by atoms with Crippen LogP contribution in [0.3, 0.4) is 0 Å². The maximum absolute atomic E-state index is 12.3. The number of carbonyl (C=O) groups excluding carboxylic acids is 2. The molecule has 0 fully saturated rings. The quantitative estimate of drug-likeness (QED) is 0.823. The summed E-state index contributed by atoms with van der Waals surface area (Å²) in [5, 5.41) is 2.75. The highest BCUT2D eigenvalue weighted by molar-refractivity contribution is 6.03. The van der Waals surface area contributed by atoms with Gasteiger partial charge < -0.3 is 14.6 Å². The standard InChI is InChI=1S/C19H22N2O3/c1-4-21(5-2)19(23)15-7-6-8-16(13-15)20-18(22)12-11-17-10-9-14(3)24-17/h6-13H,4-5H2,1-3H3,(H,20,22)/b12-11+. The molecule has 0 aliphatic carbocycles. The summed E-state index contributed by atoms with van der Waals surface area (Å²) < 4.78 is 5.37. The van der Waals surface area contributed by atoms with E-state index in [1.807, 2.05) is 26.8 Å². The molecule has 1 aromatic carbocycles. The van der Waals surface area contributed by atoms with Crippen molar-refractivity contribution in [2.75, 3.05) is 18.4 Å². The fraction of sp³-hybridized carbons (Fsp3) is 0.263. The van der Waals surface area contributed by atoms with Crippen LogP contribution < -0.4 is 5.32 Å². The summed E-state index contributed by atoms with van der Waals surface area (Å²) >= 11 is 0. The molecule has 0 radical (unpaired) electrons. The lowest BCUT2D eigenvalue weighted by atomic mass is 10.1. The van der Waals surface area contributed by atoms with E-state index in [1.54, 1.807) is 41.3 Å². The van der Waals surface area contributed by atoms with E-state index < -0.39 is 0 Å². The van der Waals surface area contributed by atoms with Gasteiger partial charge in [-0.2, -0.15) is 0 Å². The van der Waals surface area contributed by atoms with Crippen molar-refractivity contribution in [3.8, 4) is 0 Å². The van der Waals surface area contributed by atoms with Crippen molar-refractivity contribution in [2.24, 2.45) is 0 Å². The summed E-state index contributed by atoms with van der Waals surface area (Å²) in [6.07, 6.45) is 3.00. The molecule has 0 aliphatic rings. The Bertz CT molecular complexity index is 743. The topological polar surface area (TPSA) is 62.6 Å². The zero-order valence-corrected chi connectivity index (χ0v) is 14.2. The molecule has 1 heterocycles. The molecule has 126 valence electrons. The third-order valence-electron chi connectivity index (χ3n) is 3.59. The molecule has 2 aromatic rings. The van der Waals surface area contributed by atoms with Crippen molar-refractivity contribution < 1.29 is 14.0 Å². The van der Waals surface area contributed by atoms with Crippen LogP contribution in [-0.4, -0.2) is 29.8 Å². The number of hydrogen-bond donors (Lipinski definition) is 1. The van der Waals surface area contributed by atoms with Gasteiger partial charge >= 0.3 is 0 Å². The first-order valence-corrected chi connectivity index (χ1v) is 7.98. The molecule has 24 heavy (non-hydrogen) atoms. The Balaban J connectivity index is 2.04. The Morgan fingerprint density at radius 1 is 1.17 bits per heavy atom. The Morgan fingerprint density at radius 2 is 1.92 bits per heavy atom. The van der Waals surface area contributed by atoms with Crippen molar-refractivity contribution in [3.05, 3.63) is 59.6 Å².